The lowest BCUT2D eigenvalue weighted by atomic mass is 9.90. The van der Waals surface area contributed by atoms with Gasteiger partial charge in [-0.05, 0) is 24.1 Å². The highest BCUT2D eigenvalue weighted by Gasteiger charge is 2.36. The third kappa shape index (κ3) is 3.22. The summed E-state index contributed by atoms with van der Waals surface area (Å²) in [4.78, 5) is 16.5. The zero-order chi connectivity index (χ0) is 15.5. The zero-order valence-electron chi connectivity index (χ0n) is 11.9. The molecule has 1 amide bonds. The van der Waals surface area contributed by atoms with Crippen LogP contribution < -0.4 is 5.32 Å². The lowest BCUT2D eigenvalue weighted by molar-refractivity contribution is -0.135. The molecule has 1 aromatic heterocycles. The molecule has 0 aliphatic rings. The molecule has 0 bridgehead atoms. The van der Waals surface area contributed by atoms with Gasteiger partial charge < -0.3 is 5.11 Å². The molecule has 7 heteroatoms. The van der Waals surface area contributed by atoms with E-state index in [4.69, 9.17) is 11.6 Å². The van der Waals surface area contributed by atoms with Gasteiger partial charge in [-0.2, -0.15) is 4.98 Å². The molecule has 1 heterocycles. The van der Waals surface area contributed by atoms with Crippen molar-refractivity contribution in [3.05, 3.63) is 40.7 Å². The van der Waals surface area contributed by atoms with Gasteiger partial charge >= 0.3 is 0 Å². The summed E-state index contributed by atoms with van der Waals surface area (Å²) in [5.41, 5.74) is -1.25. The topological polar surface area (TPSA) is 90.9 Å². The van der Waals surface area contributed by atoms with E-state index in [0.717, 1.165) is 0 Å². The summed E-state index contributed by atoms with van der Waals surface area (Å²) in [6.45, 7) is 3.64. The molecule has 1 aromatic carbocycles. The number of amides is 1. The minimum atomic E-state index is -1.68. The summed E-state index contributed by atoms with van der Waals surface area (Å²) < 4.78 is 0. The first kappa shape index (κ1) is 15.5. The monoisotopic (exact) mass is 308 g/mol. The minimum absolute atomic E-state index is 0.144. The SMILES string of the molecule is CCc1nc(NC(=O)[C@@](O)(CC)c2cccc(Cl)c2)n[nH]1. The van der Waals surface area contributed by atoms with Crippen LogP contribution in [0.3, 0.4) is 0 Å². The van der Waals surface area contributed by atoms with E-state index in [1.165, 1.54) is 0 Å². The summed E-state index contributed by atoms with van der Waals surface area (Å²) in [7, 11) is 0. The van der Waals surface area contributed by atoms with Crippen LogP contribution in [0.4, 0.5) is 5.95 Å². The van der Waals surface area contributed by atoms with Crippen molar-refractivity contribution in [1.82, 2.24) is 15.2 Å². The van der Waals surface area contributed by atoms with Crippen LogP contribution in [-0.4, -0.2) is 26.2 Å². The van der Waals surface area contributed by atoms with E-state index in [-0.39, 0.29) is 12.4 Å². The molecule has 2 aromatic rings. The lowest BCUT2D eigenvalue weighted by Crippen LogP contribution is -2.40. The molecule has 0 unspecified atom stereocenters. The summed E-state index contributed by atoms with van der Waals surface area (Å²) in [6.07, 6.45) is 0.874. The van der Waals surface area contributed by atoms with Gasteiger partial charge in [0.15, 0.2) is 5.60 Å². The second-order valence-electron chi connectivity index (χ2n) is 4.64. The average molecular weight is 309 g/mol. The predicted molar refractivity (Wildman–Crippen MR) is 80.0 cm³/mol. The van der Waals surface area contributed by atoms with Crippen LogP contribution in [0.15, 0.2) is 24.3 Å². The van der Waals surface area contributed by atoms with Gasteiger partial charge in [0.2, 0.25) is 5.95 Å². The highest BCUT2D eigenvalue weighted by Crippen LogP contribution is 2.28. The van der Waals surface area contributed by atoms with Crippen LogP contribution >= 0.6 is 11.6 Å². The van der Waals surface area contributed by atoms with Crippen molar-refractivity contribution in [2.75, 3.05) is 5.32 Å². The number of aliphatic hydroxyl groups is 1. The second-order valence-corrected chi connectivity index (χ2v) is 5.07. The van der Waals surface area contributed by atoms with Gasteiger partial charge in [0, 0.05) is 11.4 Å². The number of aryl methyl sites for hydroxylation is 1. The standard InChI is InChI=1S/C14H17ClN4O2/c1-3-11-16-13(19-18-11)17-12(20)14(21,4-2)9-6-5-7-10(15)8-9/h5-8,21H,3-4H2,1-2H3,(H2,16,17,18,19,20)/t14-/m1/s1. The molecule has 0 aliphatic carbocycles. The molecule has 0 saturated heterocycles. The number of aromatic amines is 1. The van der Waals surface area contributed by atoms with Crippen LogP contribution in [0.5, 0.6) is 0 Å². The van der Waals surface area contributed by atoms with Crippen molar-refractivity contribution in [2.24, 2.45) is 0 Å². The fourth-order valence-corrected chi connectivity index (χ4v) is 2.15. The molecular formula is C14H17ClN4O2. The molecule has 1 atom stereocenters. The number of nitrogens with one attached hydrogen (secondary N) is 2. The maximum Gasteiger partial charge on any atom is 0.263 e. The Hall–Kier alpha value is -1.92. The predicted octanol–water partition coefficient (Wildman–Crippen LogP) is 2.26. The van der Waals surface area contributed by atoms with Crippen molar-refractivity contribution in [2.45, 2.75) is 32.3 Å². The first-order valence-electron chi connectivity index (χ1n) is 6.70. The summed E-state index contributed by atoms with van der Waals surface area (Å²) in [6, 6.07) is 6.60. The van der Waals surface area contributed by atoms with E-state index < -0.39 is 11.5 Å². The second kappa shape index (κ2) is 6.24. The molecule has 0 fully saturated rings. The number of nitrogens with zero attached hydrogens (tertiary/aromatic N) is 2. The molecule has 0 saturated carbocycles. The Bertz CT molecular complexity index is 643. The van der Waals surface area contributed by atoms with E-state index in [2.05, 4.69) is 20.5 Å². The number of carbonyl (C=O) groups excluding carboxylic acids is 1. The molecule has 112 valence electrons. The molecule has 3 N–H and O–H groups in total. The molecule has 0 spiro atoms. The fourth-order valence-electron chi connectivity index (χ4n) is 1.96. The van der Waals surface area contributed by atoms with Gasteiger partial charge in [0.1, 0.15) is 5.82 Å². The zero-order valence-corrected chi connectivity index (χ0v) is 12.6. The van der Waals surface area contributed by atoms with Crippen LogP contribution in [0.1, 0.15) is 31.7 Å². The molecule has 0 radical (unpaired) electrons. The Balaban J connectivity index is 2.25. The van der Waals surface area contributed by atoms with Gasteiger partial charge in [0.25, 0.3) is 5.91 Å². The van der Waals surface area contributed by atoms with Gasteiger partial charge in [-0.15, -0.1) is 5.10 Å². The van der Waals surface area contributed by atoms with E-state index in [0.29, 0.717) is 22.8 Å². The Morgan fingerprint density at radius 2 is 2.24 bits per heavy atom. The summed E-state index contributed by atoms with van der Waals surface area (Å²) in [5.74, 6) is 0.216. The number of H-pyrrole nitrogens is 1. The van der Waals surface area contributed by atoms with Crippen molar-refractivity contribution in [3.8, 4) is 0 Å². The number of rotatable bonds is 5. The summed E-state index contributed by atoms with van der Waals surface area (Å²) in [5, 5.41) is 20.2. The third-order valence-electron chi connectivity index (χ3n) is 3.28. The quantitative estimate of drug-likeness (QED) is 0.790. The van der Waals surface area contributed by atoms with Crippen LogP contribution in [-0.2, 0) is 16.8 Å². The molecule has 6 nitrogen and oxygen atoms in total. The van der Waals surface area contributed by atoms with Crippen LogP contribution in [0, 0.1) is 0 Å². The molecular weight excluding hydrogens is 292 g/mol. The first-order chi connectivity index (χ1) is 9.99. The van der Waals surface area contributed by atoms with Gasteiger partial charge in [0.05, 0.1) is 0 Å². The number of hydrogen-bond acceptors (Lipinski definition) is 4. The van der Waals surface area contributed by atoms with Crippen molar-refractivity contribution >= 4 is 23.5 Å². The van der Waals surface area contributed by atoms with Crippen LogP contribution in [0.25, 0.3) is 0 Å². The smallest absolute Gasteiger partial charge is 0.263 e. The maximum atomic E-state index is 12.4. The minimum Gasteiger partial charge on any atom is -0.375 e. The highest BCUT2D eigenvalue weighted by molar-refractivity contribution is 6.30. The average Bonchev–Trinajstić information content (AvgIpc) is 2.94. The van der Waals surface area contributed by atoms with E-state index in [1.54, 1.807) is 31.2 Å². The Labute approximate surface area is 127 Å². The largest absolute Gasteiger partial charge is 0.375 e. The van der Waals surface area contributed by atoms with Crippen LogP contribution in [0.2, 0.25) is 5.02 Å². The normalized spacial score (nSPS) is 13.7. The van der Waals surface area contributed by atoms with E-state index in [1.807, 2.05) is 6.92 Å². The molecule has 0 aliphatic heterocycles. The van der Waals surface area contributed by atoms with E-state index >= 15 is 0 Å². The van der Waals surface area contributed by atoms with E-state index in [9.17, 15) is 9.90 Å². The van der Waals surface area contributed by atoms with Crippen molar-refractivity contribution < 1.29 is 9.90 Å². The Morgan fingerprint density at radius 3 is 2.81 bits per heavy atom. The third-order valence-corrected chi connectivity index (χ3v) is 3.52. The Morgan fingerprint density at radius 1 is 1.48 bits per heavy atom. The molecule has 2 rings (SSSR count). The molecule has 21 heavy (non-hydrogen) atoms. The number of benzene rings is 1. The highest BCUT2D eigenvalue weighted by atomic mass is 35.5. The van der Waals surface area contributed by atoms with Crippen molar-refractivity contribution in [1.29, 1.82) is 0 Å². The number of hydrogen-bond donors (Lipinski definition) is 3. The number of carbonyl (C=O) groups is 1. The number of anilines is 1. The van der Waals surface area contributed by atoms with Gasteiger partial charge in [-0.3, -0.25) is 15.2 Å². The lowest BCUT2D eigenvalue weighted by Gasteiger charge is -2.25. The van der Waals surface area contributed by atoms with Gasteiger partial charge in [-0.25, -0.2) is 0 Å². The fraction of sp³-hybridized carbons (Fsp3) is 0.357. The van der Waals surface area contributed by atoms with Gasteiger partial charge in [-0.1, -0.05) is 37.6 Å². The summed E-state index contributed by atoms with van der Waals surface area (Å²) >= 11 is 5.92. The maximum absolute atomic E-state index is 12.4. The number of aromatic nitrogens is 3. The van der Waals surface area contributed by atoms with Crippen molar-refractivity contribution in [3.63, 3.8) is 0 Å². The first-order valence-corrected chi connectivity index (χ1v) is 7.08. The Kier molecular flexibility index (Phi) is 4.59. The number of halogens is 1.